The van der Waals surface area contributed by atoms with Gasteiger partial charge in [0, 0.05) is 16.5 Å². The van der Waals surface area contributed by atoms with Gasteiger partial charge >= 0.3 is 0 Å². The highest BCUT2D eigenvalue weighted by atomic mass is 35.5. The van der Waals surface area contributed by atoms with Crippen molar-refractivity contribution in [1.29, 1.82) is 0 Å². The summed E-state index contributed by atoms with van der Waals surface area (Å²) in [7, 11) is 0. The highest BCUT2D eigenvalue weighted by Gasteiger charge is 2.54. The number of hydrogen-bond acceptors (Lipinski definition) is 2. The van der Waals surface area contributed by atoms with Crippen molar-refractivity contribution in [3.63, 3.8) is 0 Å². The predicted molar refractivity (Wildman–Crippen MR) is 117 cm³/mol. The Bertz CT molecular complexity index is 886. The molecule has 0 aromatic heterocycles. The molecule has 3 atom stereocenters. The van der Waals surface area contributed by atoms with Crippen LogP contribution in [0.2, 0.25) is 5.02 Å². The zero-order valence-electron chi connectivity index (χ0n) is 17.5. The second-order valence-corrected chi connectivity index (χ2v) is 9.57. The molecule has 0 radical (unpaired) electrons. The smallest absolute Gasteiger partial charge is 0.198 e. The van der Waals surface area contributed by atoms with Crippen LogP contribution in [0.25, 0.3) is 0 Å². The average molecular weight is 411 g/mol. The number of hydrogen-bond donors (Lipinski definition) is 0. The summed E-state index contributed by atoms with van der Waals surface area (Å²) in [5, 5.41) is 0.841. The quantitative estimate of drug-likeness (QED) is 0.552. The van der Waals surface area contributed by atoms with E-state index < -0.39 is 5.79 Å². The molecule has 2 aromatic rings. The highest BCUT2D eigenvalue weighted by Crippen LogP contribution is 2.55. The normalized spacial score (nSPS) is 29.1. The van der Waals surface area contributed by atoms with Gasteiger partial charge in [-0.3, -0.25) is 0 Å². The SMILES string of the molecule is CCc1ccc(Cc2c(Cl)ccc3c2COC32OC(C)CCC2C2CCC2)cc1. The van der Waals surface area contributed by atoms with Crippen molar-refractivity contribution in [2.75, 3.05) is 0 Å². The first kappa shape index (κ1) is 19.6. The van der Waals surface area contributed by atoms with Crippen molar-refractivity contribution < 1.29 is 9.47 Å². The molecule has 3 unspecified atom stereocenters. The van der Waals surface area contributed by atoms with Crippen molar-refractivity contribution >= 4 is 11.6 Å². The third-order valence-corrected chi connectivity index (χ3v) is 7.81. The number of halogens is 1. The van der Waals surface area contributed by atoms with E-state index in [1.54, 1.807) is 0 Å². The third-order valence-electron chi connectivity index (χ3n) is 7.46. The summed E-state index contributed by atoms with van der Waals surface area (Å²) in [6, 6.07) is 13.2. The molecular weight excluding hydrogens is 380 g/mol. The predicted octanol–water partition coefficient (Wildman–Crippen LogP) is 6.79. The molecule has 29 heavy (non-hydrogen) atoms. The van der Waals surface area contributed by atoms with E-state index in [9.17, 15) is 0 Å². The summed E-state index contributed by atoms with van der Waals surface area (Å²) in [5.74, 6) is 0.629. The fourth-order valence-electron chi connectivity index (χ4n) is 5.54. The van der Waals surface area contributed by atoms with Crippen molar-refractivity contribution in [3.05, 3.63) is 69.2 Å². The molecule has 3 heteroatoms. The standard InChI is InChI=1S/C26H31ClO2/c1-3-18-8-10-19(11-9-18)15-21-22-16-28-26(24(22)13-14-25(21)27)23(20-5-4-6-20)12-7-17(2)29-26/h8-11,13-14,17,20,23H,3-7,12,15-16H2,1-2H3. The monoisotopic (exact) mass is 410 g/mol. The molecule has 2 fully saturated rings. The molecule has 2 aromatic carbocycles. The Morgan fingerprint density at radius 1 is 1.00 bits per heavy atom. The fraction of sp³-hybridized carbons (Fsp3) is 0.538. The summed E-state index contributed by atoms with van der Waals surface area (Å²) >= 11 is 6.71. The van der Waals surface area contributed by atoms with E-state index in [0.29, 0.717) is 12.5 Å². The minimum absolute atomic E-state index is 0.234. The first-order chi connectivity index (χ1) is 14.1. The highest BCUT2D eigenvalue weighted by molar-refractivity contribution is 6.31. The number of rotatable bonds is 4. The van der Waals surface area contributed by atoms with E-state index in [1.165, 1.54) is 53.5 Å². The van der Waals surface area contributed by atoms with Crippen LogP contribution >= 0.6 is 11.6 Å². The van der Waals surface area contributed by atoms with Gasteiger partial charge in [0.1, 0.15) is 0 Å². The van der Waals surface area contributed by atoms with Gasteiger partial charge in [0.15, 0.2) is 5.79 Å². The Morgan fingerprint density at radius 3 is 2.45 bits per heavy atom. The van der Waals surface area contributed by atoms with E-state index >= 15 is 0 Å². The molecule has 0 N–H and O–H groups in total. The first-order valence-electron chi connectivity index (χ1n) is 11.3. The van der Waals surface area contributed by atoms with Crippen molar-refractivity contribution in [3.8, 4) is 0 Å². The first-order valence-corrected chi connectivity index (χ1v) is 11.7. The lowest BCUT2D eigenvalue weighted by Gasteiger charge is -2.49. The van der Waals surface area contributed by atoms with Crippen LogP contribution in [-0.2, 0) is 34.7 Å². The largest absolute Gasteiger partial charge is 0.343 e. The number of aryl methyl sites for hydroxylation is 1. The number of fused-ring (bicyclic) bond motifs is 2. The van der Waals surface area contributed by atoms with Crippen LogP contribution in [0.15, 0.2) is 36.4 Å². The summed E-state index contributed by atoms with van der Waals surface area (Å²) in [4.78, 5) is 0. The summed E-state index contributed by atoms with van der Waals surface area (Å²) in [6.07, 6.45) is 8.44. The Hall–Kier alpha value is -1.35. The van der Waals surface area contributed by atoms with Gasteiger partial charge in [0.05, 0.1) is 12.7 Å². The van der Waals surface area contributed by atoms with Gasteiger partial charge in [-0.1, -0.05) is 55.3 Å². The van der Waals surface area contributed by atoms with Crippen LogP contribution in [-0.4, -0.2) is 6.10 Å². The lowest BCUT2D eigenvalue weighted by atomic mass is 9.67. The molecule has 2 nitrogen and oxygen atoms in total. The van der Waals surface area contributed by atoms with Crippen molar-refractivity contribution in [2.24, 2.45) is 11.8 Å². The van der Waals surface area contributed by atoms with Gasteiger partial charge in [-0.05, 0) is 79.7 Å². The minimum atomic E-state index is -0.566. The lowest BCUT2D eigenvalue weighted by Crippen LogP contribution is -2.48. The summed E-state index contributed by atoms with van der Waals surface area (Å²) in [5.41, 5.74) is 6.38. The molecule has 1 spiro atoms. The van der Waals surface area contributed by atoms with Gasteiger partial charge in [-0.2, -0.15) is 0 Å². The molecule has 3 aliphatic rings. The van der Waals surface area contributed by atoms with Gasteiger partial charge in [-0.15, -0.1) is 0 Å². The second kappa shape index (κ2) is 7.72. The van der Waals surface area contributed by atoms with Crippen molar-refractivity contribution in [1.82, 2.24) is 0 Å². The number of benzene rings is 2. The van der Waals surface area contributed by atoms with Crippen LogP contribution in [0, 0.1) is 11.8 Å². The molecule has 1 saturated heterocycles. The minimum Gasteiger partial charge on any atom is -0.343 e. The maximum absolute atomic E-state index is 6.71. The molecule has 0 bridgehead atoms. The molecular formula is C26H31ClO2. The van der Waals surface area contributed by atoms with Crippen LogP contribution in [0.3, 0.4) is 0 Å². The van der Waals surface area contributed by atoms with Gasteiger partial charge in [0.25, 0.3) is 0 Å². The number of ether oxygens (including phenoxy) is 2. The van der Waals surface area contributed by atoms with E-state index in [0.717, 1.165) is 30.2 Å². The Balaban J connectivity index is 1.52. The van der Waals surface area contributed by atoms with Gasteiger partial charge in [0.2, 0.25) is 0 Å². The molecule has 0 amide bonds. The molecule has 154 valence electrons. The van der Waals surface area contributed by atoms with Crippen LogP contribution in [0.4, 0.5) is 0 Å². The molecule has 1 saturated carbocycles. The van der Waals surface area contributed by atoms with E-state index in [-0.39, 0.29) is 6.10 Å². The van der Waals surface area contributed by atoms with E-state index in [1.807, 2.05) is 0 Å². The molecule has 2 aliphatic heterocycles. The zero-order chi connectivity index (χ0) is 20.0. The van der Waals surface area contributed by atoms with Gasteiger partial charge in [-0.25, -0.2) is 0 Å². The summed E-state index contributed by atoms with van der Waals surface area (Å²) < 4.78 is 13.2. The maximum Gasteiger partial charge on any atom is 0.198 e. The van der Waals surface area contributed by atoms with E-state index in [4.69, 9.17) is 21.1 Å². The van der Waals surface area contributed by atoms with Crippen LogP contribution in [0.5, 0.6) is 0 Å². The van der Waals surface area contributed by atoms with Gasteiger partial charge < -0.3 is 9.47 Å². The Labute approximate surface area is 179 Å². The molecule has 2 heterocycles. The van der Waals surface area contributed by atoms with E-state index in [2.05, 4.69) is 50.2 Å². The Kier molecular flexibility index (Phi) is 5.22. The van der Waals surface area contributed by atoms with Crippen LogP contribution in [0.1, 0.15) is 73.8 Å². The molecule has 1 aliphatic carbocycles. The topological polar surface area (TPSA) is 18.5 Å². The lowest BCUT2D eigenvalue weighted by molar-refractivity contribution is -0.320. The fourth-order valence-corrected chi connectivity index (χ4v) is 5.79. The van der Waals surface area contributed by atoms with Crippen molar-refractivity contribution in [2.45, 2.75) is 77.3 Å². The maximum atomic E-state index is 6.71. The second-order valence-electron chi connectivity index (χ2n) is 9.16. The third kappa shape index (κ3) is 3.34. The average Bonchev–Trinajstić information content (AvgIpc) is 3.04. The Morgan fingerprint density at radius 2 is 1.76 bits per heavy atom. The zero-order valence-corrected chi connectivity index (χ0v) is 18.3. The molecule has 5 rings (SSSR count). The van der Waals surface area contributed by atoms with Crippen LogP contribution < -0.4 is 0 Å². The summed E-state index contributed by atoms with van der Waals surface area (Å²) in [6.45, 7) is 4.98.